The fraction of sp³-hybridized carbons (Fsp3) is 0.375. The zero-order valence-corrected chi connectivity index (χ0v) is 15.2. The van der Waals surface area contributed by atoms with Gasteiger partial charge in [0.05, 0.1) is 17.2 Å². The SMILES string of the molecule is CCCc1cc(=O)[nH]c(SCC(=O)c2ccc(CNC(C)=O)s2)n1. The summed E-state index contributed by atoms with van der Waals surface area (Å²) in [5, 5.41) is 3.17. The minimum atomic E-state index is -0.197. The number of hydrogen-bond acceptors (Lipinski definition) is 6. The third-order valence-electron chi connectivity index (χ3n) is 3.07. The lowest BCUT2D eigenvalue weighted by molar-refractivity contribution is -0.119. The number of thiophene rings is 1. The van der Waals surface area contributed by atoms with Crippen molar-refractivity contribution in [3.63, 3.8) is 0 Å². The number of amides is 1. The second kappa shape index (κ2) is 8.79. The van der Waals surface area contributed by atoms with Gasteiger partial charge in [-0.2, -0.15) is 0 Å². The molecule has 2 aromatic heterocycles. The Morgan fingerprint density at radius 3 is 2.88 bits per heavy atom. The van der Waals surface area contributed by atoms with Crippen LogP contribution in [-0.4, -0.2) is 27.4 Å². The number of ketones is 1. The molecule has 0 atom stereocenters. The molecule has 6 nitrogen and oxygen atoms in total. The maximum atomic E-state index is 12.2. The molecule has 0 spiro atoms. The highest BCUT2D eigenvalue weighted by Crippen LogP contribution is 2.20. The van der Waals surface area contributed by atoms with E-state index in [-0.39, 0.29) is 23.0 Å². The molecule has 2 N–H and O–H groups in total. The third-order valence-corrected chi connectivity index (χ3v) is 5.07. The molecule has 2 aromatic rings. The Hall–Kier alpha value is -1.93. The van der Waals surface area contributed by atoms with Crippen LogP contribution >= 0.6 is 23.1 Å². The highest BCUT2D eigenvalue weighted by molar-refractivity contribution is 7.99. The maximum absolute atomic E-state index is 12.2. The molecule has 0 aliphatic carbocycles. The van der Waals surface area contributed by atoms with E-state index in [0.717, 1.165) is 23.4 Å². The molecule has 0 aliphatic rings. The summed E-state index contributed by atoms with van der Waals surface area (Å²) in [5.41, 5.74) is 0.544. The molecule has 0 bridgehead atoms. The fourth-order valence-corrected chi connectivity index (χ4v) is 3.73. The van der Waals surface area contributed by atoms with Crippen molar-refractivity contribution in [2.45, 2.75) is 38.4 Å². The summed E-state index contributed by atoms with van der Waals surface area (Å²) in [6.45, 7) is 3.90. The number of aromatic nitrogens is 2. The van der Waals surface area contributed by atoms with Crippen LogP contribution in [0.25, 0.3) is 0 Å². The van der Waals surface area contributed by atoms with Crippen LogP contribution in [0.4, 0.5) is 0 Å². The number of carbonyl (C=O) groups is 2. The lowest BCUT2D eigenvalue weighted by atomic mass is 10.2. The van der Waals surface area contributed by atoms with Crippen molar-refractivity contribution in [3.05, 3.63) is 44.0 Å². The molecule has 0 radical (unpaired) electrons. The monoisotopic (exact) mass is 365 g/mol. The van der Waals surface area contributed by atoms with Gasteiger partial charge in [0.2, 0.25) is 5.91 Å². The Bertz CT molecular complexity index is 783. The van der Waals surface area contributed by atoms with Crippen molar-refractivity contribution in [2.24, 2.45) is 0 Å². The van der Waals surface area contributed by atoms with Gasteiger partial charge in [-0.15, -0.1) is 11.3 Å². The molecule has 2 rings (SSSR count). The van der Waals surface area contributed by atoms with E-state index in [1.165, 1.54) is 36.1 Å². The molecular weight excluding hydrogens is 346 g/mol. The predicted molar refractivity (Wildman–Crippen MR) is 95.7 cm³/mol. The van der Waals surface area contributed by atoms with Gasteiger partial charge in [-0.3, -0.25) is 14.4 Å². The van der Waals surface area contributed by atoms with E-state index in [0.29, 0.717) is 16.6 Å². The highest BCUT2D eigenvalue weighted by Gasteiger charge is 2.11. The number of Topliss-reactive ketones (excluding diaryl/α,β-unsaturated/α-hetero) is 1. The van der Waals surface area contributed by atoms with Crippen LogP contribution in [0, 0.1) is 0 Å². The molecule has 0 aromatic carbocycles. The summed E-state index contributed by atoms with van der Waals surface area (Å²) < 4.78 is 0. The zero-order chi connectivity index (χ0) is 17.5. The van der Waals surface area contributed by atoms with Crippen LogP contribution in [0.2, 0.25) is 0 Å². The molecule has 2 heterocycles. The van der Waals surface area contributed by atoms with Gasteiger partial charge in [-0.05, 0) is 18.6 Å². The Labute approximate surface area is 148 Å². The van der Waals surface area contributed by atoms with Gasteiger partial charge in [0.25, 0.3) is 5.56 Å². The molecule has 0 aliphatic heterocycles. The number of aromatic amines is 1. The van der Waals surface area contributed by atoms with Gasteiger partial charge in [-0.1, -0.05) is 25.1 Å². The number of nitrogens with one attached hydrogen (secondary N) is 2. The summed E-state index contributed by atoms with van der Waals surface area (Å²) >= 11 is 2.59. The van der Waals surface area contributed by atoms with E-state index in [2.05, 4.69) is 15.3 Å². The van der Waals surface area contributed by atoms with Crippen molar-refractivity contribution in [3.8, 4) is 0 Å². The molecule has 8 heteroatoms. The number of rotatable bonds is 8. The van der Waals surface area contributed by atoms with E-state index in [1.807, 2.05) is 13.0 Å². The van der Waals surface area contributed by atoms with Gasteiger partial charge < -0.3 is 10.3 Å². The largest absolute Gasteiger partial charge is 0.351 e. The average Bonchev–Trinajstić information content (AvgIpc) is 2.99. The minimum Gasteiger partial charge on any atom is -0.351 e. The van der Waals surface area contributed by atoms with E-state index < -0.39 is 0 Å². The van der Waals surface area contributed by atoms with Crippen LogP contribution in [0.5, 0.6) is 0 Å². The molecule has 0 unspecified atom stereocenters. The fourth-order valence-electron chi connectivity index (χ4n) is 1.98. The van der Waals surface area contributed by atoms with Gasteiger partial charge in [0, 0.05) is 23.6 Å². The Balaban J connectivity index is 1.95. The first kappa shape index (κ1) is 18.4. The average molecular weight is 365 g/mol. The number of hydrogen-bond donors (Lipinski definition) is 2. The number of H-pyrrole nitrogens is 1. The summed E-state index contributed by atoms with van der Waals surface area (Å²) in [4.78, 5) is 43.3. The predicted octanol–water partition coefficient (Wildman–Crippen LogP) is 2.40. The molecule has 1 amide bonds. The Morgan fingerprint density at radius 1 is 1.38 bits per heavy atom. The highest BCUT2D eigenvalue weighted by atomic mass is 32.2. The van der Waals surface area contributed by atoms with Crippen molar-refractivity contribution in [2.75, 3.05) is 5.75 Å². The number of aryl methyl sites for hydroxylation is 1. The molecule has 0 saturated heterocycles. The van der Waals surface area contributed by atoms with E-state index in [1.54, 1.807) is 6.07 Å². The van der Waals surface area contributed by atoms with Crippen LogP contribution in [0.15, 0.2) is 28.2 Å². The van der Waals surface area contributed by atoms with Gasteiger partial charge in [0.1, 0.15) is 0 Å². The Kier molecular flexibility index (Phi) is 6.74. The summed E-state index contributed by atoms with van der Waals surface area (Å²) in [5.74, 6) is 0.0787. The third kappa shape index (κ3) is 5.61. The molecular formula is C16H19N3O3S2. The smallest absolute Gasteiger partial charge is 0.251 e. The lowest BCUT2D eigenvalue weighted by Crippen LogP contribution is -2.18. The number of carbonyl (C=O) groups excluding carboxylic acids is 2. The summed E-state index contributed by atoms with van der Waals surface area (Å²) in [7, 11) is 0. The van der Waals surface area contributed by atoms with Crippen LogP contribution in [-0.2, 0) is 17.8 Å². The van der Waals surface area contributed by atoms with Gasteiger partial charge in [0.15, 0.2) is 10.9 Å². The minimum absolute atomic E-state index is 0.0254. The van der Waals surface area contributed by atoms with E-state index >= 15 is 0 Å². The molecule has 0 saturated carbocycles. The van der Waals surface area contributed by atoms with Crippen LogP contribution in [0.1, 0.15) is 40.5 Å². The standard InChI is InChI=1S/C16H19N3O3S2/c1-3-4-11-7-15(22)19-16(18-11)23-9-13(21)14-6-5-12(24-14)8-17-10(2)20/h5-7H,3-4,8-9H2,1-2H3,(H,17,20)(H,18,19,22). The van der Waals surface area contributed by atoms with Crippen LogP contribution in [0.3, 0.4) is 0 Å². The first-order chi connectivity index (χ1) is 11.5. The first-order valence-corrected chi connectivity index (χ1v) is 9.37. The van der Waals surface area contributed by atoms with Crippen molar-refractivity contribution < 1.29 is 9.59 Å². The molecule has 24 heavy (non-hydrogen) atoms. The quantitative estimate of drug-likeness (QED) is 0.426. The second-order valence-electron chi connectivity index (χ2n) is 5.18. The molecule has 128 valence electrons. The normalized spacial score (nSPS) is 10.6. The number of thioether (sulfide) groups is 1. The van der Waals surface area contributed by atoms with Crippen molar-refractivity contribution >= 4 is 34.8 Å². The van der Waals surface area contributed by atoms with Gasteiger partial charge in [-0.25, -0.2) is 4.98 Å². The Morgan fingerprint density at radius 2 is 2.17 bits per heavy atom. The maximum Gasteiger partial charge on any atom is 0.251 e. The topological polar surface area (TPSA) is 91.9 Å². The molecule has 0 fully saturated rings. The van der Waals surface area contributed by atoms with E-state index in [4.69, 9.17) is 0 Å². The number of nitrogens with zero attached hydrogens (tertiary/aromatic N) is 1. The van der Waals surface area contributed by atoms with Crippen LogP contribution < -0.4 is 10.9 Å². The lowest BCUT2D eigenvalue weighted by Gasteiger charge is -2.02. The van der Waals surface area contributed by atoms with Crippen molar-refractivity contribution in [1.82, 2.24) is 15.3 Å². The van der Waals surface area contributed by atoms with Gasteiger partial charge >= 0.3 is 0 Å². The second-order valence-corrected chi connectivity index (χ2v) is 7.31. The summed E-state index contributed by atoms with van der Waals surface area (Å²) in [6, 6.07) is 5.08. The first-order valence-electron chi connectivity index (χ1n) is 7.57. The zero-order valence-electron chi connectivity index (χ0n) is 13.5. The van der Waals surface area contributed by atoms with Crippen molar-refractivity contribution in [1.29, 1.82) is 0 Å². The van der Waals surface area contributed by atoms with E-state index in [9.17, 15) is 14.4 Å². The summed E-state index contributed by atoms with van der Waals surface area (Å²) in [6.07, 6.45) is 1.65.